The van der Waals surface area contributed by atoms with Crippen LogP contribution >= 0.6 is 35.0 Å². The Kier molecular flexibility index (Phi) is 6.84. The summed E-state index contributed by atoms with van der Waals surface area (Å²) in [5.41, 5.74) is 0.829. The van der Waals surface area contributed by atoms with Gasteiger partial charge in [0, 0.05) is 33.3 Å². The van der Waals surface area contributed by atoms with Crippen molar-refractivity contribution in [1.29, 1.82) is 0 Å². The lowest BCUT2D eigenvalue weighted by atomic mass is 10.2. The molecule has 1 N–H and O–H groups in total. The Morgan fingerprint density at radius 2 is 1.82 bits per heavy atom. The van der Waals surface area contributed by atoms with Crippen LogP contribution < -0.4 is 5.32 Å². The van der Waals surface area contributed by atoms with Gasteiger partial charge < -0.3 is 5.32 Å². The molecule has 0 aliphatic carbocycles. The van der Waals surface area contributed by atoms with Crippen molar-refractivity contribution in [3.05, 3.63) is 70.2 Å². The first-order valence-corrected chi connectivity index (χ1v) is 8.48. The largest absolute Gasteiger partial charge is 0.352 e. The fourth-order valence-corrected chi connectivity index (χ4v) is 2.80. The van der Waals surface area contributed by atoms with Crippen molar-refractivity contribution >= 4 is 46.9 Å². The number of carbonyl (C=O) groups excluding carboxylic acids is 1. The van der Waals surface area contributed by atoms with Gasteiger partial charge in [-0.2, -0.15) is 0 Å². The molecule has 0 aliphatic rings. The molecule has 0 saturated carbocycles. The van der Waals surface area contributed by atoms with Gasteiger partial charge in [-0.3, -0.25) is 4.79 Å². The Bertz CT molecular complexity index is 656. The number of nitrogens with one attached hydrogen (secondary N) is 1. The van der Waals surface area contributed by atoms with E-state index >= 15 is 0 Å². The van der Waals surface area contributed by atoms with Crippen LogP contribution in [0.2, 0.25) is 10.0 Å². The van der Waals surface area contributed by atoms with Gasteiger partial charge in [-0.25, -0.2) is 0 Å². The van der Waals surface area contributed by atoms with Crippen LogP contribution in [0.1, 0.15) is 5.56 Å². The second-order valence-corrected chi connectivity index (χ2v) is 6.46. The van der Waals surface area contributed by atoms with Crippen molar-refractivity contribution in [2.45, 2.75) is 4.90 Å². The fourth-order valence-electron chi connectivity index (χ4n) is 1.71. The highest BCUT2D eigenvalue weighted by atomic mass is 35.5. The molecule has 0 saturated heterocycles. The Balaban J connectivity index is 1.72. The normalized spacial score (nSPS) is 10.8. The SMILES string of the molecule is O=C(/C=C/c1ccccc1Cl)NCCSc1ccc(Cl)cc1. The van der Waals surface area contributed by atoms with Crippen LogP contribution in [0.15, 0.2) is 59.5 Å². The summed E-state index contributed by atoms with van der Waals surface area (Å²) < 4.78 is 0. The minimum absolute atomic E-state index is 0.128. The number of hydrogen-bond donors (Lipinski definition) is 1. The molecule has 2 rings (SSSR count). The summed E-state index contributed by atoms with van der Waals surface area (Å²) in [5.74, 6) is 0.671. The maximum Gasteiger partial charge on any atom is 0.244 e. The molecule has 0 radical (unpaired) electrons. The zero-order chi connectivity index (χ0) is 15.8. The number of halogens is 2. The number of benzene rings is 2. The van der Waals surface area contributed by atoms with Crippen LogP contribution in [-0.2, 0) is 4.79 Å². The number of thioether (sulfide) groups is 1. The summed E-state index contributed by atoms with van der Waals surface area (Å²) in [5, 5.41) is 4.19. The molecule has 0 heterocycles. The van der Waals surface area contributed by atoms with Crippen molar-refractivity contribution in [1.82, 2.24) is 5.32 Å². The Morgan fingerprint density at radius 1 is 1.09 bits per heavy atom. The lowest BCUT2D eigenvalue weighted by Gasteiger charge is -2.03. The van der Waals surface area contributed by atoms with E-state index in [-0.39, 0.29) is 5.91 Å². The molecule has 1 amide bonds. The molecule has 0 aliphatic heterocycles. The molecule has 2 aromatic rings. The predicted molar refractivity (Wildman–Crippen MR) is 95.7 cm³/mol. The van der Waals surface area contributed by atoms with Crippen LogP contribution in [0.4, 0.5) is 0 Å². The van der Waals surface area contributed by atoms with Gasteiger partial charge in [-0.1, -0.05) is 41.4 Å². The monoisotopic (exact) mass is 351 g/mol. The lowest BCUT2D eigenvalue weighted by Crippen LogP contribution is -2.23. The summed E-state index contributed by atoms with van der Waals surface area (Å²) in [6.45, 7) is 0.596. The second-order valence-electron chi connectivity index (χ2n) is 4.45. The van der Waals surface area contributed by atoms with E-state index in [4.69, 9.17) is 23.2 Å². The molecule has 2 nitrogen and oxygen atoms in total. The van der Waals surface area contributed by atoms with Gasteiger partial charge >= 0.3 is 0 Å². The molecule has 0 unspecified atom stereocenters. The first-order valence-electron chi connectivity index (χ1n) is 6.74. The van der Waals surface area contributed by atoms with Gasteiger partial charge in [0.2, 0.25) is 5.91 Å². The third-order valence-electron chi connectivity index (χ3n) is 2.80. The molecule has 0 bridgehead atoms. The Morgan fingerprint density at radius 3 is 2.55 bits per heavy atom. The summed E-state index contributed by atoms with van der Waals surface area (Å²) in [7, 11) is 0. The third-order valence-corrected chi connectivity index (χ3v) is 4.41. The minimum atomic E-state index is -0.128. The molecule has 2 aromatic carbocycles. The van der Waals surface area contributed by atoms with Crippen molar-refractivity contribution < 1.29 is 4.79 Å². The fraction of sp³-hybridized carbons (Fsp3) is 0.118. The molecular weight excluding hydrogens is 337 g/mol. The molecule has 22 heavy (non-hydrogen) atoms. The van der Waals surface area contributed by atoms with E-state index in [1.54, 1.807) is 23.9 Å². The highest BCUT2D eigenvalue weighted by Crippen LogP contribution is 2.19. The number of hydrogen-bond acceptors (Lipinski definition) is 2. The maximum absolute atomic E-state index is 11.7. The maximum atomic E-state index is 11.7. The molecule has 0 atom stereocenters. The highest BCUT2D eigenvalue weighted by molar-refractivity contribution is 7.99. The van der Waals surface area contributed by atoms with Crippen molar-refractivity contribution in [3.63, 3.8) is 0 Å². The van der Waals surface area contributed by atoms with Gasteiger partial charge in [0.1, 0.15) is 0 Å². The number of amides is 1. The first-order chi connectivity index (χ1) is 10.6. The van der Waals surface area contributed by atoms with Crippen LogP contribution in [0.25, 0.3) is 6.08 Å². The predicted octanol–water partition coefficient (Wildman–Crippen LogP) is 4.92. The van der Waals surface area contributed by atoms with Crippen LogP contribution in [0.3, 0.4) is 0 Å². The van der Waals surface area contributed by atoms with E-state index in [0.29, 0.717) is 11.6 Å². The highest BCUT2D eigenvalue weighted by Gasteiger charge is 1.98. The smallest absolute Gasteiger partial charge is 0.244 e. The number of carbonyl (C=O) groups is 1. The molecule has 0 fully saturated rings. The van der Waals surface area contributed by atoms with Gasteiger partial charge in [0.05, 0.1) is 0 Å². The molecular formula is C17H15Cl2NOS. The van der Waals surface area contributed by atoms with Crippen LogP contribution in [-0.4, -0.2) is 18.2 Å². The van der Waals surface area contributed by atoms with Crippen molar-refractivity contribution in [3.8, 4) is 0 Å². The lowest BCUT2D eigenvalue weighted by molar-refractivity contribution is -0.116. The van der Waals surface area contributed by atoms with E-state index in [1.807, 2.05) is 42.5 Å². The topological polar surface area (TPSA) is 29.1 Å². The van der Waals surface area contributed by atoms with Crippen molar-refractivity contribution in [2.24, 2.45) is 0 Å². The summed E-state index contributed by atoms with van der Waals surface area (Å²) >= 11 is 13.5. The van der Waals surface area contributed by atoms with Gasteiger partial charge in [0.25, 0.3) is 0 Å². The molecule has 114 valence electrons. The van der Waals surface area contributed by atoms with Crippen molar-refractivity contribution in [2.75, 3.05) is 12.3 Å². The second kappa shape index (κ2) is 8.89. The summed E-state index contributed by atoms with van der Waals surface area (Å²) in [6, 6.07) is 15.0. The van der Waals surface area contributed by atoms with Crippen LogP contribution in [0, 0.1) is 0 Å². The zero-order valence-corrected chi connectivity index (χ0v) is 14.1. The molecule has 5 heteroatoms. The zero-order valence-electron chi connectivity index (χ0n) is 11.8. The van der Waals surface area contributed by atoms with E-state index in [1.165, 1.54) is 6.08 Å². The third kappa shape index (κ3) is 5.76. The van der Waals surface area contributed by atoms with Gasteiger partial charge in [-0.15, -0.1) is 11.8 Å². The Labute approximate surface area is 144 Å². The number of rotatable bonds is 6. The first kappa shape index (κ1) is 16.9. The van der Waals surface area contributed by atoms with Gasteiger partial charge in [-0.05, 0) is 42.0 Å². The van der Waals surface area contributed by atoms with Gasteiger partial charge in [0.15, 0.2) is 0 Å². The van der Waals surface area contributed by atoms with Crippen LogP contribution in [0.5, 0.6) is 0 Å². The van der Waals surface area contributed by atoms with E-state index in [2.05, 4.69) is 5.32 Å². The molecule has 0 spiro atoms. The quantitative estimate of drug-likeness (QED) is 0.454. The summed E-state index contributed by atoms with van der Waals surface area (Å²) in [4.78, 5) is 12.8. The standard InChI is InChI=1S/C17H15Cl2NOS/c18-14-6-8-15(9-7-14)22-12-11-20-17(21)10-5-13-3-1-2-4-16(13)19/h1-10H,11-12H2,(H,20,21)/b10-5+. The molecule has 0 aromatic heterocycles. The summed E-state index contributed by atoms with van der Waals surface area (Å²) in [6.07, 6.45) is 3.21. The average molecular weight is 352 g/mol. The van der Waals surface area contributed by atoms with E-state index in [0.717, 1.165) is 21.2 Å². The van der Waals surface area contributed by atoms with E-state index in [9.17, 15) is 4.79 Å². The average Bonchev–Trinajstić information content (AvgIpc) is 2.52. The minimum Gasteiger partial charge on any atom is -0.352 e. The van der Waals surface area contributed by atoms with E-state index < -0.39 is 0 Å². The Hall–Kier alpha value is -1.42.